The number of aromatic amines is 1. The van der Waals surface area contributed by atoms with Gasteiger partial charge >= 0.3 is 0 Å². The van der Waals surface area contributed by atoms with Gasteiger partial charge in [-0.1, -0.05) is 11.6 Å². The smallest absolute Gasteiger partial charge is 0.138 e. The SMILES string of the molecule is Clc1cnc2[nH]c(C3CC3)cc2c1Br. The van der Waals surface area contributed by atoms with Crippen molar-refractivity contribution >= 4 is 38.6 Å². The first-order valence-corrected chi connectivity index (χ1v) is 5.75. The highest BCUT2D eigenvalue weighted by Gasteiger charge is 2.25. The molecule has 1 aliphatic rings. The molecule has 1 fully saturated rings. The van der Waals surface area contributed by atoms with Crippen LogP contribution >= 0.6 is 27.5 Å². The summed E-state index contributed by atoms with van der Waals surface area (Å²) in [7, 11) is 0. The van der Waals surface area contributed by atoms with Crippen LogP contribution in [0.3, 0.4) is 0 Å². The number of fused-ring (bicyclic) bond motifs is 1. The molecular formula is C10H8BrClN2. The predicted octanol–water partition coefficient (Wildman–Crippen LogP) is 3.86. The van der Waals surface area contributed by atoms with Gasteiger partial charge in [-0.15, -0.1) is 0 Å². The van der Waals surface area contributed by atoms with Crippen molar-refractivity contribution in [3.05, 3.63) is 27.5 Å². The zero-order valence-corrected chi connectivity index (χ0v) is 9.69. The summed E-state index contributed by atoms with van der Waals surface area (Å²) < 4.78 is 0.937. The molecule has 3 rings (SSSR count). The van der Waals surface area contributed by atoms with E-state index < -0.39 is 0 Å². The Balaban J connectivity index is 2.26. The van der Waals surface area contributed by atoms with E-state index in [1.165, 1.54) is 18.5 Å². The minimum absolute atomic E-state index is 0.666. The van der Waals surface area contributed by atoms with Gasteiger partial charge in [-0.2, -0.15) is 0 Å². The van der Waals surface area contributed by atoms with Crippen LogP contribution in [-0.2, 0) is 0 Å². The molecule has 4 heteroatoms. The van der Waals surface area contributed by atoms with Gasteiger partial charge in [0.1, 0.15) is 5.65 Å². The largest absolute Gasteiger partial charge is 0.343 e. The third-order valence-electron chi connectivity index (χ3n) is 2.59. The first kappa shape index (κ1) is 8.74. The van der Waals surface area contributed by atoms with Gasteiger partial charge in [0.15, 0.2) is 0 Å². The van der Waals surface area contributed by atoms with Crippen LogP contribution in [0.4, 0.5) is 0 Å². The molecule has 0 atom stereocenters. The quantitative estimate of drug-likeness (QED) is 0.838. The van der Waals surface area contributed by atoms with E-state index in [0.717, 1.165) is 21.4 Å². The number of aromatic nitrogens is 2. The molecular weight excluding hydrogens is 263 g/mol. The van der Waals surface area contributed by atoms with Crippen molar-refractivity contribution < 1.29 is 0 Å². The lowest BCUT2D eigenvalue weighted by atomic mass is 10.2. The molecule has 0 radical (unpaired) electrons. The fourth-order valence-corrected chi connectivity index (χ4v) is 2.21. The standard InChI is InChI=1S/C10H8BrClN2/c11-9-6-3-8(5-1-2-5)14-10(6)13-4-7(9)12/h3-5H,1-2H2,(H,13,14). The van der Waals surface area contributed by atoms with Gasteiger partial charge in [0.2, 0.25) is 0 Å². The van der Waals surface area contributed by atoms with E-state index in [1.807, 2.05) is 0 Å². The Kier molecular flexibility index (Phi) is 1.86. The lowest BCUT2D eigenvalue weighted by Crippen LogP contribution is -1.79. The molecule has 2 aromatic rings. The van der Waals surface area contributed by atoms with Crippen LogP contribution in [0.5, 0.6) is 0 Å². The van der Waals surface area contributed by atoms with Crippen LogP contribution in [-0.4, -0.2) is 9.97 Å². The van der Waals surface area contributed by atoms with Crippen LogP contribution < -0.4 is 0 Å². The summed E-state index contributed by atoms with van der Waals surface area (Å²) >= 11 is 9.44. The summed E-state index contributed by atoms with van der Waals surface area (Å²) in [6.45, 7) is 0. The molecule has 72 valence electrons. The Morgan fingerprint density at radius 1 is 1.50 bits per heavy atom. The van der Waals surface area contributed by atoms with E-state index >= 15 is 0 Å². The van der Waals surface area contributed by atoms with Crippen LogP contribution in [0, 0.1) is 0 Å². The first-order chi connectivity index (χ1) is 6.75. The number of nitrogens with zero attached hydrogens (tertiary/aromatic N) is 1. The molecule has 2 nitrogen and oxygen atoms in total. The van der Waals surface area contributed by atoms with Crippen molar-refractivity contribution in [1.82, 2.24) is 9.97 Å². The fourth-order valence-electron chi connectivity index (χ4n) is 1.65. The van der Waals surface area contributed by atoms with E-state index in [4.69, 9.17) is 11.6 Å². The first-order valence-electron chi connectivity index (χ1n) is 4.58. The number of pyridine rings is 1. The number of halogens is 2. The molecule has 0 saturated heterocycles. The van der Waals surface area contributed by atoms with Crippen molar-refractivity contribution in [2.75, 3.05) is 0 Å². The fraction of sp³-hybridized carbons (Fsp3) is 0.300. The molecule has 1 aliphatic carbocycles. The Labute approximate surface area is 94.8 Å². The highest BCUT2D eigenvalue weighted by atomic mass is 79.9. The van der Waals surface area contributed by atoms with Crippen LogP contribution in [0.1, 0.15) is 24.5 Å². The highest BCUT2D eigenvalue weighted by Crippen LogP contribution is 2.41. The lowest BCUT2D eigenvalue weighted by Gasteiger charge is -1.94. The van der Waals surface area contributed by atoms with Gasteiger partial charge in [0.25, 0.3) is 0 Å². The van der Waals surface area contributed by atoms with Gasteiger partial charge in [0.05, 0.1) is 5.02 Å². The minimum atomic E-state index is 0.666. The second-order valence-corrected chi connectivity index (χ2v) is 4.88. The van der Waals surface area contributed by atoms with Gasteiger partial charge in [-0.3, -0.25) is 0 Å². The second-order valence-electron chi connectivity index (χ2n) is 3.68. The van der Waals surface area contributed by atoms with Crippen molar-refractivity contribution in [1.29, 1.82) is 0 Å². The summed E-state index contributed by atoms with van der Waals surface area (Å²) in [5.74, 6) is 0.717. The molecule has 0 aliphatic heterocycles. The molecule has 0 aromatic carbocycles. The summed E-state index contributed by atoms with van der Waals surface area (Å²) in [6, 6.07) is 2.15. The summed E-state index contributed by atoms with van der Waals surface area (Å²) in [4.78, 5) is 7.58. The summed E-state index contributed by atoms with van der Waals surface area (Å²) in [6.07, 6.45) is 4.25. The average molecular weight is 272 g/mol. The Morgan fingerprint density at radius 3 is 3.00 bits per heavy atom. The number of rotatable bonds is 1. The zero-order valence-electron chi connectivity index (χ0n) is 7.35. The number of H-pyrrole nitrogens is 1. The molecule has 1 N–H and O–H groups in total. The molecule has 14 heavy (non-hydrogen) atoms. The molecule has 1 saturated carbocycles. The van der Waals surface area contributed by atoms with Gasteiger partial charge in [-0.25, -0.2) is 4.98 Å². The van der Waals surface area contributed by atoms with E-state index in [0.29, 0.717) is 5.02 Å². The van der Waals surface area contributed by atoms with Gasteiger partial charge < -0.3 is 4.98 Å². The topological polar surface area (TPSA) is 28.7 Å². The van der Waals surface area contributed by atoms with Gasteiger partial charge in [-0.05, 0) is 40.8 Å². The average Bonchev–Trinajstić information content (AvgIpc) is 2.93. The maximum Gasteiger partial charge on any atom is 0.138 e. The Hall–Kier alpha value is -0.540. The minimum Gasteiger partial charge on any atom is -0.343 e. The van der Waals surface area contributed by atoms with Crippen molar-refractivity contribution in [2.45, 2.75) is 18.8 Å². The predicted molar refractivity (Wildman–Crippen MR) is 60.8 cm³/mol. The zero-order chi connectivity index (χ0) is 9.71. The molecule has 0 spiro atoms. The molecule has 2 heterocycles. The molecule has 0 bridgehead atoms. The second kappa shape index (κ2) is 2.97. The number of nitrogens with one attached hydrogen (secondary N) is 1. The molecule has 0 amide bonds. The molecule has 0 unspecified atom stereocenters. The maximum atomic E-state index is 5.97. The monoisotopic (exact) mass is 270 g/mol. The normalized spacial score (nSPS) is 16.4. The third kappa shape index (κ3) is 1.27. The summed E-state index contributed by atoms with van der Waals surface area (Å²) in [5.41, 5.74) is 2.21. The third-order valence-corrected chi connectivity index (χ3v) is 3.96. The van der Waals surface area contributed by atoms with E-state index in [9.17, 15) is 0 Å². The van der Waals surface area contributed by atoms with Crippen LogP contribution in [0.25, 0.3) is 11.0 Å². The molecule has 2 aromatic heterocycles. The lowest BCUT2D eigenvalue weighted by molar-refractivity contribution is 1.05. The number of hydrogen-bond acceptors (Lipinski definition) is 1. The Morgan fingerprint density at radius 2 is 2.29 bits per heavy atom. The van der Waals surface area contributed by atoms with Gasteiger partial charge in [0, 0.05) is 21.7 Å². The van der Waals surface area contributed by atoms with Crippen LogP contribution in [0.15, 0.2) is 16.7 Å². The van der Waals surface area contributed by atoms with Crippen molar-refractivity contribution in [2.24, 2.45) is 0 Å². The van der Waals surface area contributed by atoms with E-state index in [-0.39, 0.29) is 0 Å². The van der Waals surface area contributed by atoms with Crippen molar-refractivity contribution in [3.8, 4) is 0 Å². The van der Waals surface area contributed by atoms with E-state index in [2.05, 4.69) is 32.0 Å². The summed E-state index contributed by atoms with van der Waals surface area (Å²) in [5, 5.41) is 1.75. The maximum absolute atomic E-state index is 5.97. The van der Waals surface area contributed by atoms with Crippen LogP contribution in [0.2, 0.25) is 5.02 Å². The Bertz CT molecular complexity index is 502. The number of hydrogen-bond donors (Lipinski definition) is 1. The van der Waals surface area contributed by atoms with Crippen molar-refractivity contribution in [3.63, 3.8) is 0 Å². The van der Waals surface area contributed by atoms with E-state index in [1.54, 1.807) is 6.20 Å². The highest BCUT2D eigenvalue weighted by molar-refractivity contribution is 9.10.